The van der Waals surface area contributed by atoms with Crippen molar-refractivity contribution in [2.24, 2.45) is 0 Å². The molecule has 1 N–H and O–H groups in total. The maximum Gasteiger partial charge on any atom is 0.392 e. The number of hydrogen-bond acceptors (Lipinski definition) is 21. The number of aromatic hydroxyl groups is 1. The topological polar surface area (TPSA) is 269 Å². The number of ether oxygens (including phenoxy) is 8. The van der Waals surface area contributed by atoms with Gasteiger partial charge in [-0.1, -0.05) is 222 Å². The minimum Gasteiger partial charge on any atom is -0.520 e. The Morgan fingerprint density at radius 1 is 0.383 bits per heavy atom. The molecule has 0 spiro atoms. The van der Waals surface area contributed by atoms with Crippen LogP contribution in [0.1, 0.15) is 37.8 Å². The van der Waals surface area contributed by atoms with Crippen LogP contribution in [0.5, 0.6) is 51.7 Å². The molecule has 0 fully saturated rings. The molecule has 0 aliphatic carbocycles. The van der Waals surface area contributed by atoms with E-state index in [4.69, 9.17) is 46.7 Å². The summed E-state index contributed by atoms with van der Waals surface area (Å²) in [5.74, 6) is 1.96. The van der Waals surface area contributed by atoms with Gasteiger partial charge in [0.1, 0.15) is 70.7 Å². The molecule has 13 rings (SSSR count). The summed E-state index contributed by atoms with van der Waals surface area (Å²) in [7, 11) is 3.50. The number of aryl methyl sites for hydroxylation is 1. The lowest BCUT2D eigenvalue weighted by atomic mass is 9.99. The zero-order chi connectivity index (χ0) is 93.3. The summed E-state index contributed by atoms with van der Waals surface area (Å²) in [6.07, 6.45) is 11.1. The van der Waals surface area contributed by atoms with Crippen molar-refractivity contribution in [2.75, 3.05) is 39.3 Å². The summed E-state index contributed by atoms with van der Waals surface area (Å²) in [6.45, 7) is 34.7. The van der Waals surface area contributed by atoms with Crippen LogP contribution in [0.25, 0.3) is 53.9 Å². The van der Waals surface area contributed by atoms with Gasteiger partial charge in [-0.25, -0.2) is 33.6 Å². The number of fused-ring (bicyclic) bond motifs is 5. The van der Waals surface area contributed by atoms with Gasteiger partial charge in [0, 0.05) is 92.5 Å². The SMILES string of the molecule is C=C(C)C(=O)Oc1ccccc1.C=CC(=O)CCCc1cccc2ccccc12.C=CC(=O)OCCOc1ccccc1.C=CC(=O)Oc1ccc(N(C)C)c2ccccc12.C=CC(=O)Oc1ccc2cc(CC(C)=O)ccc2c1.C=CC(=O)Oc1ccc2cc(O)ccc2c1.C=CC(=O)Oc1ccc2cc(O[Si](C)(C)OC)ccc2c1.C=CC(=O)Oc1ccccc1. The largest absolute Gasteiger partial charge is 0.520 e. The lowest BCUT2D eigenvalue weighted by Gasteiger charge is -2.21. The van der Waals surface area contributed by atoms with E-state index in [9.17, 15) is 48.3 Å². The maximum atomic E-state index is 11.3. The summed E-state index contributed by atoms with van der Waals surface area (Å²) in [6, 6.07) is 85.9. The van der Waals surface area contributed by atoms with Crippen molar-refractivity contribution in [3.8, 4) is 51.7 Å². The summed E-state index contributed by atoms with van der Waals surface area (Å²) in [5, 5.41) is 19.5. The van der Waals surface area contributed by atoms with E-state index in [1.807, 2.05) is 159 Å². The number of anilines is 1. The van der Waals surface area contributed by atoms with E-state index < -0.39 is 44.4 Å². The molecule has 656 valence electrons. The van der Waals surface area contributed by atoms with Crippen LogP contribution in [0, 0.1) is 0 Å². The first kappa shape index (κ1) is 101. The molecule has 0 saturated carbocycles. The summed E-state index contributed by atoms with van der Waals surface area (Å²) >= 11 is 0. The molecule has 0 radical (unpaired) electrons. The molecular formula is C106H103NO20Si. The third kappa shape index (κ3) is 36.3. The molecule has 0 aromatic heterocycles. The molecule has 0 aliphatic heterocycles. The third-order valence-corrected chi connectivity index (χ3v) is 19.3. The van der Waals surface area contributed by atoms with E-state index in [1.54, 1.807) is 136 Å². The van der Waals surface area contributed by atoms with Gasteiger partial charge in [0.2, 0.25) is 0 Å². The Balaban J connectivity index is 0.000000227. The molecule has 21 nitrogen and oxygen atoms in total. The molecule has 22 heteroatoms. The van der Waals surface area contributed by atoms with E-state index in [2.05, 4.69) is 89.0 Å². The monoisotopic (exact) mass is 1740 g/mol. The van der Waals surface area contributed by atoms with Gasteiger partial charge in [-0.2, -0.15) is 0 Å². The second-order valence-corrected chi connectivity index (χ2v) is 31.3. The molecule has 0 saturated heterocycles. The van der Waals surface area contributed by atoms with Crippen LogP contribution < -0.4 is 42.5 Å². The maximum absolute atomic E-state index is 11.3. The molecule has 0 amide bonds. The van der Waals surface area contributed by atoms with Gasteiger partial charge >= 0.3 is 50.3 Å². The van der Waals surface area contributed by atoms with Crippen LogP contribution in [0.3, 0.4) is 0 Å². The average molecular weight is 1740 g/mol. The normalized spacial score (nSPS) is 9.99. The van der Waals surface area contributed by atoms with Crippen molar-refractivity contribution in [1.29, 1.82) is 0 Å². The highest BCUT2D eigenvalue weighted by Crippen LogP contribution is 2.34. The molecule has 0 heterocycles. The molecule has 0 bridgehead atoms. The van der Waals surface area contributed by atoms with Crippen molar-refractivity contribution in [2.45, 2.75) is 52.6 Å². The number of ketones is 2. The van der Waals surface area contributed by atoms with Crippen molar-refractivity contribution >= 4 is 121 Å². The number of phenolic OH excluding ortho intramolecular Hbond substituents is 1. The lowest BCUT2D eigenvalue weighted by Crippen LogP contribution is -2.36. The summed E-state index contributed by atoms with van der Waals surface area (Å²) in [4.78, 5) is 101. The Morgan fingerprint density at radius 2 is 0.797 bits per heavy atom. The van der Waals surface area contributed by atoms with Crippen LogP contribution >= 0.6 is 0 Å². The van der Waals surface area contributed by atoms with Crippen molar-refractivity contribution in [1.82, 2.24) is 0 Å². The van der Waals surface area contributed by atoms with E-state index in [0.717, 1.165) is 115 Å². The van der Waals surface area contributed by atoms with Crippen molar-refractivity contribution in [3.05, 3.63) is 391 Å². The second-order valence-electron chi connectivity index (χ2n) is 27.9. The number of benzene rings is 13. The first-order chi connectivity index (χ1) is 61.5. The van der Waals surface area contributed by atoms with Crippen LogP contribution in [-0.4, -0.2) is 101 Å². The van der Waals surface area contributed by atoms with Gasteiger partial charge in [-0.15, -0.1) is 0 Å². The van der Waals surface area contributed by atoms with Crippen molar-refractivity contribution < 1.29 is 95.0 Å². The number of allylic oxidation sites excluding steroid dienone is 1. The van der Waals surface area contributed by atoms with Crippen LogP contribution in [0.2, 0.25) is 13.1 Å². The minimum atomic E-state index is -2.12. The van der Waals surface area contributed by atoms with Crippen molar-refractivity contribution in [3.63, 3.8) is 0 Å². The number of carbonyl (C=O) groups excluding carboxylic acids is 9. The zero-order valence-corrected chi connectivity index (χ0v) is 73.7. The fraction of sp³-hybridized carbons (Fsp3) is 0.123. The van der Waals surface area contributed by atoms with E-state index in [1.165, 1.54) is 22.4 Å². The predicted molar refractivity (Wildman–Crippen MR) is 509 cm³/mol. The zero-order valence-electron chi connectivity index (χ0n) is 72.7. The molecule has 0 unspecified atom stereocenters. The Morgan fingerprint density at radius 3 is 1.28 bits per heavy atom. The number of Topliss-reactive ketones (excluding diaryl/α,β-unsaturated/α-hetero) is 1. The molecular weight excluding hydrogens is 1640 g/mol. The summed E-state index contributed by atoms with van der Waals surface area (Å²) in [5.41, 5.74) is 3.79. The molecule has 0 atom stereocenters. The Bertz CT molecular complexity index is 6040. The lowest BCUT2D eigenvalue weighted by molar-refractivity contribution is -0.138. The van der Waals surface area contributed by atoms with Crippen LogP contribution in [0.15, 0.2) is 380 Å². The van der Waals surface area contributed by atoms with Gasteiger partial charge in [0.05, 0.1) is 0 Å². The van der Waals surface area contributed by atoms with E-state index in [-0.39, 0.29) is 29.9 Å². The fourth-order valence-corrected chi connectivity index (χ4v) is 12.1. The van der Waals surface area contributed by atoms with Crippen LogP contribution in [0.4, 0.5) is 5.69 Å². The first-order valence-electron chi connectivity index (χ1n) is 40.0. The van der Waals surface area contributed by atoms with Gasteiger partial charge < -0.3 is 56.8 Å². The number of phenols is 1. The Kier molecular flexibility index (Phi) is 42.5. The number of hydrogen-bond donors (Lipinski definition) is 1. The number of nitrogens with zero attached hydrogens (tertiary/aromatic N) is 1. The highest BCUT2D eigenvalue weighted by Gasteiger charge is 2.25. The second kappa shape index (κ2) is 53.9. The quantitative estimate of drug-likeness (QED) is 0.0157. The van der Waals surface area contributed by atoms with E-state index >= 15 is 0 Å². The molecule has 13 aromatic carbocycles. The fourth-order valence-electron chi connectivity index (χ4n) is 11.3. The van der Waals surface area contributed by atoms with Gasteiger partial charge in [0.25, 0.3) is 0 Å². The van der Waals surface area contributed by atoms with E-state index in [0.29, 0.717) is 59.5 Å². The highest BCUT2D eigenvalue weighted by atomic mass is 28.4. The average Bonchev–Trinajstić information content (AvgIpc) is 0.791. The molecule has 128 heavy (non-hydrogen) atoms. The smallest absolute Gasteiger partial charge is 0.392 e. The number of rotatable bonds is 28. The van der Waals surface area contributed by atoms with Gasteiger partial charge in [-0.05, 0) is 209 Å². The molecule has 0 aliphatic rings. The van der Waals surface area contributed by atoms with Gasteiger partial charge in [-0.3, -0.25) is 9.59 Å². The third-order valence-electron chi connectivity index (χ3n) is 17.6. The first-order valence-corrected chi connectivity index (χ1v) is 42.8. The summed E-state index contributed by atoms with van der Waals surface area (Å²) < 4.78 is 51.4. The highest BCUT2D eigenvalue weighted by molar-refractivity contribution is 6.65. The number of para-hydroxylation sites is 3. The Labute approximate surface area is 746 Å². The molecule has 13 aromatic rings. The van der Waals surface area contributed by atoms with Gasteiger partial charge in [0.15, 0.2) is 5.78 Å². The predicted octanol–water partition coefficient (Wildman–Crippen LogP) is 22.0. The number of carbonyl (C=O) groups is 9. The van der Waals surface area contributed by atoms with Crippen LogP contribution in [-0.2, 0) is 65.2 Å². The minimum absolute atomic E-state index is 0.130. The standard InChI is InChI=1S/C16H18O4Si.C16H14O3.C16H16O.C15H15NO2.C13H10O3.C11H12O3.C10H10O2.C9H8O2/c1-5-16(17)19-14-8-6-13-11-15(9-7-12(13)10-14)20-21(3,4)18-2;1-3-16(18)19-15-7-6-13-9-12(8-11(2)17)4-5-14(13)10-15;1-2-15(17)11-6-10-14-9-5-8-13-7-3-4-12-16(13)14;1-4-15(17)18-14-10-9-13(16(2)3)11-7-5-6-8-12(11)14;1-2-13(15)16-12-6-4-9-7-11(14)5-3-10(9)8-12;1-2-11(12)14-9-8-13-10-6-4-3-5-7-10;1-8(2)10(11)12-9-6-4-3-5-7-9;1-2-9(10)11-8-6-4-3-5-7-8/h5-11H,1H2,2-4H3;3-7,9-10H,1,8H2,2H3;2-5,7-9,12H,1,6,10-11H2;4-10H,1H2,2-3H3;2-8,14H,1H2;2-7H,1,8-9H2;3-7H,1H2,2H3;2-7H,1H2. The Hall–Kier alpha value is -15.9. The number of esters is 7.